The highest BCUT2D eigenvalue weighted by Gasteiger charge is 2.26. The summed E-state index contributed by atoms with van der Waals surface area (Å²) in [4.78, 5) is 0. The molecule has 0 amide bonds. The summed E-state index contributed by atoms with van der Waals surface area (Å²) in [7, 11) is -3.00. The predicted octanol–water partition coefficient (Wildman–Crippen LogP) is 2.61. The minimum absolute atomic E-state index is 0.543. The van der Waals surface area contributed by atoms with E-state index in [2.05, 4.69) is 19.2 Å². The van der Waals surface area contributed by atoms with Crippen LogP contribution in [0.3, 0.4) is 0 Å². The first kappa shape index (κ1) is 17.9. The normalized spacial score (nSPS) is 22.9. The molecule has 0 radical (unpaired) electrons. The molecule has 1 saturated heterocycles. The first-order valence-corrected chi connectivity index (χ1v) is 10.0. The molecule has 0 aromatic heterocycles. The van der Waals surface area contributed by atoms with E-state index in [0.717, 1.165) is 25.9 Å². The maximum atomic E-state index is 11.6. The van der Waals surface area contributed by atoms with E-state index >= 15 is 0 Å². The lowest BCUT2D eigenvalue weighted by Crippen LogP contribution is -2.40. The third kappa shape index (κ3) is 6.55. The van der Waals surface area contributed by atoms with Crippen molar-refractivity contribution in [1.82, 2.24) is 9.62 Å². The average molecular weight is 304 g/mol. The molecule has 120 valence electrons. The zero-order chi connectivity index (χ0) is 15.0. The molecule has 1 heterocycles. The molecule has 4 nitrogen and oxygen atoms in total. The predicted molar refractivity (Wildman–Crippen MR) is 85.4 cm³/mol. The molecular weight excluding hydrogens is 272 g/mol. The van der Waals surface area contributed by atoms with Gasteiger partial charge in [0.2, 0.25) is 10.0 Å². The Labute approximate surface area is 125 Å². The van der Waals surface area contributed by atoms with Crippen LogP contribution < -0.4 is 5.32 Å². The Morgan fingerprint density at radius 2 is 2.00 bits per heavy atom. The van der Waals surface area contributed by atoms with Gasteiger partial charge in [-0.25, -0.2) is 12.7 Å². The zero-order valence-electron chi connectivity index (χ0n) is 13.4. The van der Waals surface area contributed by atoms with Crippen LogP contribution in [0.4, 0.5) is 0 Å². The van der Waals surface area contributed by atoms with Gasteiger partial charge >= 0.3 is 0 Å². The lowest BCUT2D eigenvalue weighted by Gasteiger charge is -2.31. The van der Waals surface area contributed by atoms with Gasteiger partial charge in [-0.05, 0) is 51.0 Å². The second-order valence-electron chi connectivity index (χ2n) is 6.15. The first-order chi connectivity index (χ1) is 9.47. The van der Waals surface area contributed by atoms with Gasteiger partial charge in [-0.3, -0.25) is 0 Å². The number of nitrogens with one attached hydrogen (secondary N) is 1. The summed E-state index contributed by atoms with van der Waals surface area (Å²) in [5.74, 6) is 0.543. The Bertz CT molecular complexity index is 357. The van der Waals surface area contributed by atoms with Crippen LogP contribution in [0, 0.1) is 5.92 Å². The smallest absolute Gasteiger partial charge is 0.211 e. The Balaban J connectivity index is 2.38. The van der Waals surface area contributed by atoms with Gasteiger partial charge < -0.3 is 5.32 Å². The van der Waals surface area contributed by atoms with Gasteiger partial charge in [-0.2, -0.15) is 0 Å². The minimum atomic E-state index is -3.00. The van der Waals surface area contributed by atoms with Gasteiger partial charge in [-0.1, -0.05) is 20.3 Å². The topological polar surface area (TPSA) is 49.4 Å². The summed E-state index contributed by atoms with van der Waals surface area (Å²) in [5, 5.41) is 3.62. The van der Waals surface area contributed by atoms with Crippen molar-refractivity contribution in [3.8, 4) is 0 Å². The molecule has 2 atom stereocenters. The van der Waals surface area contributed by atoms with E-state index in [1.54, 1.807) is 4.31 Å². The van der Waals surface area contributed by atoms with Gasteiger partial charge in [0.15, 0.2) is 0 Å². The van der Waals surface area contributed by atoms with Crippen molar-refractivity contribution in [3.05, 3.63) is 0 Å². The van der Waals surface area contributed by atoms with Crippen LogP contribution in [0.25, 0.3) is 0 Å². The largest absolute Gasteiger partial charge is 0.314 e. The van der Waals surface area contributed by atoms with E-state index < -0.39 is 10.0 Å². The molecule has 2 unspecified atom stereocenters. The quantitative estimate of drug-likeness (QED) is 0.712. The van der Waals surface area contributed by atoms with E-state index in [-0.39, 0.29) is 0 Å². The molecule has 1 aliphatic rings. The van der Waals surface area contributed by atoms with Crippen LogP contribution in [-0.4, -0.2) is 44.7 Å². The van der Waals surface area contributed by atoms with Crippen molar-refractivity contribution in [2.75, 3.05) is 25.9 Å². The van der Waals surface area contributed by atoms with Crippen molar-refractivity contribution in [3.63, 3.8) is 0 Å². The summed E-state index contributed by atoms with van der Waals surface area (Å²) in [5.41, 5.74) is 0. The number of nitrogens with zero attached hydrogens (tertiary/aromatic N) is 1. The second-order valence-corrected chi connectivity index (χ2v) is 8.13. The van der Waals surface area contributed by atoms with Crippen LogP contribution in [0.2, 0.25) is 0 Å². The molecule has 0 bridgehead atoms. The summed E-state index contributed by atoms with van der Waals surface area (Å²) < 4.78 is 24.9. The summed E-state index contributed by atoms with van der Waals surface area (Å²) in [6, 6.07) is 0.605. The van der Waals surface area contributed by atoms with Gasteiger partial charge in [0, 0.05) is 19.1 Å². The molecule has 1 fully saturated rings. The van der Waals surface area contributed by atoms with Crippen molar-refractivity contribution >= 4 is 10.0 Å². The molecule has 20 heavy (non-hydrogen) atoms. The van der Waals surface area contributed by atoms with Gasteiger partial charge in [0.25, 0.3) is 0 Å². The highest BCUT2D eigenvalue weighted by molar-refractivity contribution is 7.88. The van der Waals surface area contributed by atoms with E-state index in [1.807, 2.05) is 0 Å². The Morgan fingerprint density at radius 3 is 2.60 bits per heavy atom. The maximum absolute atomic E-state index is 11.6. The molecule has 1 aliphatic heterocycles. The fraction of sp³-hybridized carbons (Fsp3) is 1.00. The number of piperidine rings is 1. The molecule has 0 spiro atoms. The SMILES string of the molecule is CCCNC(CCC)CCC1CCCN(S(C)(=O)=O)C1. The Hall–Kier alpha value is -0.130. The Morgan fingerprint density at radius 1 is 1.25 bits per heavy atom. The molecule has 0 saturated carbocycles. The molecular formula is C15H32N2O2S. The monoisotopic (exact) mass is 304 g/mol. The van der Waals surface area contributed by atoms with Gasteiger partial charge in [0.1, 0.15) is 0 Å². The van der Waals surface area contributed by atoms with E-state index in [0.29, 0.717) is 18.5 Å². The molecule has 1 rings (SSSR count). The van der Waals surface area contributed by atoms with Gasteiger partial charge in [0.05, 0.1) is 6.26 Å². The van der Waals surface area contributed by atoms with Crippen LogP contribution in [0.1, 0.15) is 58.8 Å². The number of hydrogen-bond acceptors (Lipinski definition) is 3. The fourth-order valence-corrected chi connectivity index (χ4v) is 3.99. The highest BCUT2D eigenvalue weighted by atomic mass is 32.2. The third-order valence-corrected chi connectivity index (χ3v) is 5.46. The van der Waals surface area contributed by atoms with Crippen LogP contribution in [-0.2, 0) is 10.0 Å². The summed E-state index contributed by atoms with van der Waals surface area (Å²) in [6.45, 7) is 6.95. The lowest BCUT2D eigenvalue weighted by molar-refractivity contribution is 0.245. The molecule has 0 aliphatic carbocycles. The maximum Gasteiger partial charge on any atom is 0.211 e. The van der Waals surface area contributed by atoms with E-state index in [4.69, 9.17) is 0 Å². The fourth-order valence-electron chi connectivity index (χ4n) is 3.05. The van der Waals surface area contributed by atoms with Crippen LogP contribution >= 0.6 is 0 Å². The van der Waals surface area contributed by atoms with E-state index in [9.17, 15) is 8.42 Å². The first-order valence-electron chi connectivity index (χ1n) is 8.15. The number of hydrogen-bond donors (Lipinski definition) is 1. The van der Waals surface area contributed by atoms with Crippen LogP contribution in [0.5, 0.6) is 0 Å². The van der Waals surface area contributed by atoms with E-state index in [1.165, 1.54) is 38.4 Å². The van der Waals surface area contributed by atoms with Crippen LogP contribution in [0.15, 0.2) is 0 Å². The number of rotatable bonds is 9. The highest BCUT2D eigenvalue weighted by Crippen LogP contribution is 2.23. The molecule has 1 N–H and O–H groups in total. The van der Waals surface area contributed by atoms with Gasteiger partial charge in [-0.15, -0.1) is 0 Å². The zero-order valence-corrected chi connectivity index (χ0v) is 14.2. The average Bonchev–Trinajstić information content (AvgIpc) is 2.41. The van der Waals surface area contributed by atoms with Crippen molar-refractivity contribution in [2.24, 2.45) is 5.92 Å². The summed E-state index contributed by atoms with van der Waals surface area (Å²) in [6.07, 6.45) is 9.45. The second kappa shape index (κ2) is 9.00. The minimum Gasteiger partial charge on any atom is -0.314 e. The molecule has 0 aromatic carbocycles. The van der Waals surface area contributed by atoms with Crippen molar-refractivity contribution < 1.29 is 8.42 Å². The van der Waals surface area contributed by atoms with Crippen molar-refractivity contribution in [2.45, 2.75) is 64.8 Å². The lowest BCUT2D eigenvalue weighted by atomic mass is 9.92. The number of sulfonamides is 1. The summed E-state index contributed by atoms with van der Waals surface area (Å²) >= 11 is 0. The Kier molecular flexibility index (Phi) is 8.07. The molecule has 0 aromatic rings. The van der Waals surface area contributed by atoms with Crippen molar-refractivity contribution in [1.29, 1.82) is 0 Å². The standard InChI is InChI=1S/C15H32N2O2S/c1-4-7-15(16-11-5-2)10-9-14-8-6-12-17(13-14)20(3,18)19/h14-16H,4-13H2,1-3H3. The molecule has 5 heteroatoms. The third-order valence-electron chi connectivity index (χ3n) is 4.19.